The van der Waals surface area contributed by atoms with E-state index in [1.54, 1.807) is 23.1 Å². The van der Waals surface area contributed by atoms with Crippen LogP contribution in [0.1, 0.15) is 29.3 Å². The van der Waals surface area contributed by atoms with Crippen LogP contribution in [-0.2, 0) is 6.42 Å². The second kappa shape index (κ2) is 5.24. The van der Waals surface area contributed by atoms with Crippen LogP contribution in [0.5, 0.6) is 0 Å². The zero-order valence-electron chi connectivity index (χ0n) is 12.0. The van der Waals surface area contributed by atoms with Gasteiger partial charge in [0, 0.05) is 25.3 Å². The van der Waals surface area contributed by atoms with Crippen molar-refractivity contribution in [3.63, 3.8) is 0 Å². The van der Waals surface area contributed by atoms with Gasteiger partial charge < -0.3 is 10.0 Å². The zero-order chi connectivity index (χ0) is 15.0. The van der Waals surface area contributed by atoms with Gasteiger partial charge >= 0.3 is 12.0 Å². The molecule has 0 fully saturated rings. The number of carboxylic acids is 1. The van der Waals surface area contributed by atoms with Gasteiger partial charge in [-0.3, -0.25) is 4.90 Å². The summed E-state index contributed by atoms with van der Waals surface area (Å²) in [6.45, 7) is 4.08. The molecule has 0 aromatic heterocycles. The Bertz CT molecular complexity index is 636. The molecule has 0 unspecified atom stereocenters. The van der Waals surface area contributed by atoms with E-state index >= 15 is 0 Å². The predicted octanol–water partition coefficient (Wildman–Crippen LogP) is 2.52. The smallest absolute Gasteiger partial charge is 0.335 e. The summed E-state index contributed by atoms with van der Waals surface area (Å²) in [7, 11) is 0. The van der Waals surface area contributed by atoms with Gasteiger partial charge in [-0.2, -0.15) is 0 Å². The summed E-state index contributed by atoms with van der Waals surface area (Å²) < 4.78 is 0. The minimum atomic E-state index is -0.931. The molecule has 0 radical (unpaired) electrons. The number of rotatable bonds is 1. The van der Waals surface area contributed by atoms with Crippen LogP contribution in [0.4, 0.5) is 10.5 Å². The van der Waals surface area contributed by atoms with Gasteiger partial charge in [-0.1, -0.05) is 11.6 Å². The van der Waals surface area contributed by atoms with Crippen LogP contribution in [0, 0.1) is 0 Å². The molecule has 1 aromatic carbocycles. The normalized spacial score (nSPS) is 17.5. The van der Waals surface area contributed by atoms with Crippen molar-refractivity contribution in [2.45, 2.75) is 19.8 Å². The molecule has 110 valence electrons. The summed E-state index contributed by atoms with van der Waals surface area (Å²) in [5, 5.41) is 9.03. The summed E-state index contributed by atoms with van der Waals surface area (Å²) in [5.41, 5.74) is 3.28. The molecule has 0 bridgehead atoms. The fourth-order valence-electron chi connectivity index (χ4n) is 2.98. The van der Waals surface area contributed by atoms with E-state index in [0.29, 0.717) is 19.5 Å². The second-order valence-electron chi connectivity index (χ2n) is 5.59. The number of benzene rings is 1. The minimum absolute atomic E-state index is 0.0178. The van der Waals surface area contributed by atoms with Gasteiger partial charge in [0.1, 0.15) is 0 Å². The van der Waals surface area contributed by atoms with Crippen LogP contribution < -0.4 is 4.90 Å². The Morgan fingerprint density at radius 2 is 2.05 bits per heavy atom. The highest BCUT2D eigenvalue weighted by molar-refractivity contribution is 5.96. The second-order valence-corrected chi connectivity index (χ2v) is 5.59. The number of urea groups is 1. The molecule has 0 saturated carbocycles. The third-order valence-electron chi connectivity index (χ3n) is 4.06. The van der Waals surface area contributed by atoms with E-state index in [2.05, 4.69) is 6.08 Å². The van der Waals surface area contributed by atoms with Crippen LogP contribution in [0.3, 0.4) is 0 Å². The van der Waals surface area contributed by atoms with E-state index in [4.69, 9.17) is 5.11 Å². The fourth-order valence-corrected chi connectivity index (χ4v) is 2.98. The highest BCUT2D eigenvalue weighted by Crippen LogP contribution is 2.30. The van der Waals surface area contributed by atoms with Crippen LogP contribution in [0.15, 0.2) is 29.8 Å². The number of carboxylic acid groups (broad SMARTS) is 1. The van der Waals surface area contributed by atoms with Crippen molar-refractivity contribution in [2.75, 3.05) is 24.5 Å². The summed E-state index contributed by atoms with van der Waals surface area (Å²) >= 11 is 0. The maximum absolute atomic E-state index is 12.6. The molecule has 2 aliphatic rings. The quantitative estimate of drug-likeness (QED) is 0.807. The molecule has 1 aromatic rings. The van der Waals surface area contributed by atoms with Crippen molar-refractivity contribution >= 4 is 17.7 Å². The van der Waals surface area contributed by atoms with Crippen molar-refractivity contribution in [3.8, 4) is 0 Å². The van der Waals surface area contributed by atoms with Crippen molar-refractivity contribution in [1.29, 1.82) is 0 Å². The Labute approximate surface area is 123 Å². The fraction of sp³-hybridized carbons (Fsp3) is 0.375. The highest BCUT2D eigenvalue weighted by Gasteiger charge is 2.29. The van der Waals surface area contributed by atoms with Crippen molar-refractivity contribution in [1.82, 2.24) is 4.90 Å². The van der Waals surface area contributed by atoms with Crippen LogP contribution in [0.2, 0.25) is 0 Å². The summed E-state index contributed by atoms with van der Waals surface area (Å²) in [6.07, 6.45) is 3.78. The van der Waals surface area contributed by atoms with Gasteiger partial charge in [-0.25, -0.2) is 9.59 Å². The molecule has 2 amide bonds. The number of anilines is 1. The van der Waals surface area contributed by atoms with Gasteiger partial charge in [-0.15, -0.1) is 0 Å². The number of hydrogen-bond donors (Lipinski definition) is 1. The summed E-state index contributed by atoms with van der Waals surface area (Å²) in [5.74, 6) is -0.931. The van der Waals surface area contributed by atoms with E-state index in [1.807, 2.05) is 11.8 Å². The van der Waals surface area contributed by atoms with Gasteiger partial charge in [0.05, 0.1) is 5.56 Å². The molecule has 0 atom stereocenters. The van der Waals surface area contributed by atoms with Crippen LogP contribution in [-0.4, -0.2) is 41.6 Å². The Morgan fingerprint density at radius 3 is 2.76 bits per heavy atom. The third kappa shape index (κ3) is 2.51. The average molecular weight is 286 g/mol. The molecular weight excluding hydrogens is 268 g/mol. The lowest BCUT2D eigenvalue weighted by Crippen LogP contribution is -2.44. The molecule has 0 saturated heterocycles. The first-order chi connectivity index (χ1) is 10.1. The largest absolute Gasteiger partial charge is 0.478 e. The zero-order valence-corrected chi connectivity index (χ0v) is 12.0. The molecule has 3 rings (SSSR count). The van der Waals surface area contributed by atoms with Crippen molar-refractivity contribution in [2.24, 2.45) is 0 Å². The summed E-state index contributed by atoms with van der Waals surface area (Å²) in [4.78, 5) is 27.3. The Kier molecular flexibility index (Phi) is 3.41. The van der Waals surface area contributed by atoms with E-state index in [9.17, 15) is 9.59 Å². The number of fused-ring (bicyclic) bond motifs is 1. The number of amides is 2. The van der Waals surface area contributed by atoms with E-state index in [0.717, 1.165) is 24.2 Å². The van der Waals surface area contributed by atoms with Crippen molar-refractivity contribution in [3.05, 3.63) is 41.0 Å². The number of carbonyl (C=O) groups is 2. The standard InChI is InChI=1S/C16H18N2O3/c1-11-3-2-7-17(10-11)16(21)18-8-6-12-9-13(15(19)20)4-5-14(12)18/h3-5,9H,2,6-8,10H2,1H3,(H,19,20). The molecular formula is C16H18N2O3. The molecule has 0 spiro atoms. The van der Waals surface area contributed by atoms with E-state index < -0.39 is 5.97 Å². The Balaban J connectivity index is 1.82. The molecule has 2 heterocycles. The maximum Gasteiger partial charge on any atom is 0.335 e. The lowest BCUT2D eigenvalue weighted by Gasteiger charge is -2.30. The SMILES string of the molecule is CC1=CCCN(C(=O)N2CCc3cc(C(=O)O)ccc32)C1. The highest BCUT2D eigenvalue weighted by atomic mass is 16.4. The Morgan fingerprint density at radius 1 is 1.24 bits per heavy atom. The van der Waals surface area contributed by atoms with Gasteiger partial charge in [0.2, 0.25) is 0 Å². The van der Waals surface area contributed by atoms with Gasteiger partial charge in [0.25, 0.3) is 0 Å². The molecule has 5 heteroatoms. The average Bonchev–Trinajstić information content (AvgIpc) is 2.89. The predicted molar refractivity (Wildman–Crippen MR) is 79.8 cm³/mol. The molecule has 21 heavy (non-hydrogen) atoms. The molecule has 2 aliphatic heterocycles. The van der Waals surface area contributed by atoms with Crippen LogP contribution in [0.25, 0.3) is 0 Å². The number of hydrogen-bond acceptors (Lipinski definition) is 2. The first-order valence-corrected chi connectivity index (χ1v) is 7.14. The van der Waals surface area contributed by atoms with Crippen LogP contribution >= 0.6 is 0 Å². The summed E-state index contributed by atoms with van der Waals surface area (Å²) in [6, 6.07) is 5.00. The lowest BCUT2D eigenvalue weighted by atomic mass is 10.1. The first-order valence-electron chi connectivity index (χ1n) is 7.14. The van der Waals surface area contributed by atoms with Crippen molar-refractivity contribution < 1.29 is 14.7 Å². The molecule has 1 N–H and O–H groups in total. The third-order valence-corrected chi connectivity index (χ3v) is 4.06. The minimum Gasteiger partial charge on any atom is -0.478 e. The topological polar surface area (TPSA) is 60.9 Å². The first kappa shape index (κ1) is 13.7. The van der Waals surface area contributed by atoms with Gasteiger partial charge in [0.15, 0.2) is 0 Å². The lowest BCUT2D eigenvalue weighted by molar-refractivity contribution is 0.0697. The van der Waals surface area contributed by atoms with E-state index in [1.165, 1.54) is 5.57 Å². The number of nitrogens with zero attached hydrogens (tertiary/aromatic N) is 2. The van der Waals surface area contributed by atoms with E-state index in [-0.39, 0.29) is 11.6 Å². The monoisotopic (exact) mass is 286 g/mol. The number of carbonyl (C=O) groups excluding carboxylic acids is 1. The molecule has 0 aliphatic carbocycles. The number of aromatic carboxylic acids is 1. The maximum atomic E-state index is 12.6. The Hall–Kier alpha value is -2.30. The molecule has 5 nitrogen and oxygen atoms in total. The van der Waals surface area contributed by atoms with Gasteiger partial charge in [-0.05, 0) is 43.5 Å².